The predicted molar refractivity (Wildman–Crippen MR) is 127 cm³/mol. The van der Waals surface area contributed by atoms with Gasteiger partial charge in [0.25, 0.3) is 5.91 Å². The molecule has 2 aliphatic heterocycles. The molecule has 0 unspecified atom stereocenters. The number of carbonyl (C=O) groups is 2. The molecule has 5 rings (SSSR count). The zero-order chi connectivity index (χ0) is 22.6. The van der Waals surface area contributed by atoms with Gasteiger partial charge in [-0.3, -0.25) is 9.59 Å². The number of benzene rings is 3. The number of rotatable bonds is 5. The second-order valence-corrected chi connectivity index (χ2v) is 8.64. The van der Waals surface area contributed by atoms with Gasteiger partial charge in [0.05, 0.1) is 5.92 Å². The summed E-state index contributed by atoms with van der Waals surface area (Å²) in [5.41, 5.74) is 1.80. The van der Waals surface area contributed by atoms with Gasteiger partial charge < -0.3 is 19.7 Å². The summed E-state index contributed by atoms with van der Waals surface area (Å²) in [6, 6.07) is 19.6. The van der Waals surface area contributed by atoms with E-state index in [-0.39, 0.29) is 17.7 Å². The highest BCUT2D eigenvalue weighted by Gasteiger charge is 2.29. The first-order valence-corrected chi connectivity index (χ1v) is 11.6. The second kappa shape index (κ2) is 9.53. The maximum atomic E-state index is 13.3. The molecule has 170 valence electrons. The van der Waals surface area contributed by atoms with Gasteiger partial charge in [-0.2, -0.15) is 0 Å². The fraction of sp³-hybridized carbons (Fsp3) is 0.333. The summed E-state index contributed by atoms with van der Waals surface area (Å²) in [5, 5.41) is 5.07. The van der Waals surface area contributed by atoms with Crippen LogP contribution in [0.1, 0.15) is 28.8 Å². The Hall–Kier alpha value is -3.54. The molecule has 2 heterocycles. The first kappa shape index (κ1) is 21.3. The SMILES string of the molecule is O=C(NCCc1ccc2c(c1)OCCO2)[C@@H]1CCCN(C(=O)c2cccc3ccccc23)C1. The van der Waals surface area contributed by atoms with Crippen LogP contribution in [0.2, 0.25) is 0 Å². The Morgan fingerprint density at radius 1 is 0.970 bits per heavy atom. The number of piperidine rings is 1. The number of likely N-dealkylation sites (tertiary alicyclic amines) is 1. The highest BCUT2D eigenvalue weighted by atomic mass is 16.6. The van der Waals surface area contributed by atoms with E-state index < -0.39 is 0 Å². The van der Waals surface area contributed by atoms with E-state index in [1.807, 2.05) is 65.6 Å². The summed E-state index contributed by atoms with van der Waals surface area (Å²) in [5.74, 6) is 1.37. The monoisotopic (exact) mass is 444 g/mol. The highest BCUT2D eigenvalue weighted by Crippen LogP contribution is 2.31. The zero-order valence-electron chi connectivity index (χ0n) is 18.6. The summed E-state index contributed by atoms with van der Waals surface area (Å²) in [4.78, 5) is 27.9. The number of ether oxygens (including phenoxy) is 2. The van der Waals surface area contributed by atoms with Gasteiger partial charge in [-0.1, -0.05) is 42.5 Å². The lowest BCUT2D eigenvalue weighted by Gasteiger charge is -2.32. The smallest absolute Gasteiger partial charge is 0.254 e. The van der Waals surface area contributed by atoms with Crippen LogP contribution in [0, 0.1) is 5.92 Å². The number of carbonyl (C=O) groups excluding carboxylic acids is 2. The van der Waals surface area contributed by atoms with Gasteiger partial charge in [-0.25, -0.2) is 0 Å². The number of nitrogens with one attached hydrogen (secondary N) is 1. The molecule has 0 spiro atoms. The third-order valence-electron chi connectivity index (χ3n) is 6.42. The van der Waals surface area contributed by atoms with Gasteiger partial charge in [0.15, 0.2) is 11.5 Å². The van der Waals surface area contributed by atoms with Crippen molar-refractivity contribution in [1.29, 1.82) is 0 Å². The topological polar surface area (TPSA) is 67.9 Å². The van der Waals surface area contributed by atoms with Crippen LogP contribution in [-0.2, 0) is 11.2 Å². The number of fused-ring (bicyclic) bond motifs is 2. The highest BCUT2D eigenvalue weighted by molar-refractivity contribution is 6.07. The molecule has 1 N–H and O–H groups in total. The van der Waals surface area contributed by atoms with E-state index >= 15 is 0 Å². The lowest BCUT2D eigenvalue weighted by Crippen LogP contribution is -2.45. The third kappa shape index (κ3) is 4.65. The molecular weight excluding hydrogens is 416 g/mol. The van der Waals surface area contributed by atoms with E-state index in [9.17, 15) is 9.59 Å². The molecular formula is C27H28N2O4. The summed E-state index contributed by atoms with van der Waals surface area (Å²) in [6.45, 7) is 2.82. The first-order valence-electron chi connectivity index (χ1n) is 11.6. The molecule has 6 nitrogen and oxygen atoms in total. The predicted octanol–water partition coefficient (Wildman–Crippen LogP) is 3.82. The van der Waals surface area contributed by atoms with Crippen LogP contribution in [0.3, 0.4) is 0 Å². The van der Waals surface area contributed by atoms with Crippen molar-refractivity contribution in [3.8, 4) is 11.5 Å². The molecule has 0 bridgehead atoms. The Bertz CT molecular complexity index is 1170. The van der Waals surface area contributed by atoms with Crippen LogP contribution in [-0.4, -0.2) is 49.6 Å². The molecule has 3 aromatic rings. The maximum Gasteiger partial charge on any atom is 0.254 e. The van der Waals surface area contributed by atoms with Crippen molar-refractivity contribution in [2.45, 2.75) is 19.3 Å². The van der Waals surface area contributed by atoms with E-state index in [1.165, 1.54) is 0 Å². The van der Waals surface area contributed by atoms with E-state index in [0.717, 1.165) is 40.7 Å². The van der Waals surface area contributed by atoms with Crippen LogP contribution in [0.25, 0.3) is 10.8 Å². The standard InChI is InChI=1S/C27H28N2O4/c30-26(28-13-12-19-10-11-24-25(17-19)33-16-15-32-24)21-7-4-14-29(18-21)27(31)23-9-3-6-20-5-1-2-8-22(20)23/h1-3,5-6,8-11,17,21H,4,7,12-16,18H2,(H,28,30)/t21-/m1/s1. The minimum atomic E-state index is -0.182. The molecule has 0 radical (unpaired) electrons. The molecule has 6 heteroatoms. The van der Waals surface area contributed by atoms with Gasteiger partial charge in [0.2, 0.25) is 5.91 Å². The van der Waals surface area contributed by atoms with Crippen LogP contribution in [0.15, 0.2) is 60.7 Å². The van der Waals surface area contributed by atoms with Crippen LogP contribution in [0.4, 0.5) is 0 Å². The Morgan fingerprint density at radius 2 is 1.79 bits per heavy atom. The minimum absolute atomic E-state index is 0.000535. The third-order valence-corrected chi connectivity index (χ3v) is 6.42. The Kier molecular flexibility index (Phi) is 6.15. The number of amides is 2. The van der Waals surface area contributed by atoms with Gasteiger partial charge in [0.1, 0.15) is 13.2 Å². The molecule has 0 aromatic heterocycles. The summed E-state index contributed by atoms with van der Waals surface area (Å²) < 4.78 is 11.2. The number of nitrogens with zero attached hydrogens (tertiary/aromatic N) is 1. The minimum Gasteiger partial charge on any atom is -0.486 e. The molecule has 1 saturated heterocycles. The molecule has 2 amide bonds. The fourth-order valence-corrected chi connectivity index (χ4v) is 4.68. The zero-order valence-corrected chi connectivity index (χ0v) is 18.6. The van der Waals surface area contributed by atoms with E-state index in [2.05, 4.69) is 5.32 Å². The van der Waals surface area contributed by atoms with Crippen molar-refractivity contribution in [1.82, 2.24) is 10.2 Å². The van der Waals surface area contributed by atoms with Gasteiger partial charge in [-0.15, -0.1) is 0 Å². The summed E-state index contributed by atoms with van der Waals surface area (Å²) in [6.07, 6.45) is 2.35. The van der Waals surface area contributed by atoms with Crippen molar-refractivity contribution in [3.05, 3.63) is 71.8 Å². The van der Waals surface area contributed by atoms with Crippen molar-refractivity contribution in [2.24, 2.45) is 5.92 Å². The van der Waals surface area contributed by atoms with Gasteiger partial charge >= 0.3 is 0 Å². The molecule has 0 saturated carbocycles. The van der Waals surface area contributed by atoms with Crippen LogP contribution >= 0.6 is 0 Å². The van der Waals surface area contributed by atoms with E-state index in [1.54, 1.807) is 0 Å². The average Bonchev–Trinajstić information content (AvgIpc) is 2.88. The normalized spacial score (nSPS) is 17.6. The van der Waals surface area contributed by atoms with Crippen LogP contribution in [0.5, 0.6) is 11.5 Å². The maximum absolute atomic E-state index is 13.3. The lowest BCUT2D eigenvalue weighted by molar-refractivity contribution is -0.126. The molecule has 1 fully saturated rings. The van der Waals surface area contributed by atoms with E-state index in [4.69, 9.17) is 9.47 Å². The van der Waals surface area contributed by atoms with Gasteiger partial charge in [0, 0.05) is 25.2 Å². The molecule has 33 heavy (non-hydrogen) atoms. The number of hydrogen-bond acceptors (Lipinski definition) is 4. The quantitative estimate of drug-likeness (QED) is 0.650. The fourth-order valence-electron chi connectivity index (χ4n) is 4.68. The van der Waals surface area contributed by atoms with E-state index in [0.29, 0.717) is 44.8 Å². The Labute approximate surface area is 193 Å². The summed E-state index contributed by atoms with van der Waals surface area (Å²) in [7, 11) is 0. The van der Waals surface area contributed by atoms with Gasteiger partial charge in [-0.05, 0) is 53.8 Å². The summed E-state index contributed by atoms with van der Waals surface area (Å²) >= 11 is 0. The molecule has 3 aromatic carbocycles. The lowest BCUT2D eigenvalue weighted by atomic mass is 9.95. The average molecular weight is 445 g/mol. The van der Waals surface area contributed by atoms with Crippen molar-refractivity contribution < 1.29 is 19.1 Å². The molecule has 0 aliphatic carbocycles. The number of hydrogen-bond donors (Lipinski definition) is 1. The molecule has 1 atom stereocenters. The first-order chi connectivity index (χ1) is 16.2. The second-order valence-electron chi connectivity index (χ2n) is 8.64. The van der Waals surface area contributed by atoms with Crippen LogP contribution < -0.4 is 14.8 Å². The Balaban J connectivity index is 1.18. The Morgan fingerprint density at radius 3 is 2.70 bits per heavy atom. The van der Waals surface area contributed by atoms with Crippen molar-refractivity contribution in [2.75, 3.05) is 32.8 Å². The van der Waals surface area contributed by atoms with Crippen molar-refractivity contribution in [3.63, 3.8) is 0 Å². The van der Waals surface area contributed by atoms with Crippen molar-refractivity contribution >= 4 is 22.6 Å². The molecule has 2 aliphatic rings. The largest absolute Gasteiger partial charge is 0.486 e.